The number of hydrogen-bond donors (Lipinski definition) is 2. The molecule has 90 valence electrons. The molecular weight excluding hydrogens is 200 g/mol. The second-order valence-electron chi connectivity index (χ2n) is 3.30. The maximum Gasteiger partial charge on any atom is 0.305 e. The number of ether oxygens (including phenoxy) is 2. The third-order valence-corrected chi connectivity index (χ3v) is 1.72. The summed E-state index contributed by atoms with van der Waals surface area (Å²) in [7, 11) is 0. The van der Waals surface area contributed by atoms with Crippen LogP contribution in [0.1, 0.15) is 26.2 Å². The minimum Gasteiger partial charge on any atom is -0.481 e. The highest BCUT2D eigenvalue weighted by atomic mass is 16.5. The Labute approximate surface area is 90.0 Å². The van der Waals surface area contributed by atoms with Gasteiger partial charge in [-0.3, -0.25) is 4.79 Å². The average molecular weight is 220 g/mol. The highest BCUT2D eigenvalue weighted by Crippen LogP contribution is 1.92. The molecule has 0 fully saturated rings. The van der Waals surface area contributed by atoms with E-state index in [1.54, 1.807) is 0 Å². The predicted octanol–water partition coefficient (Wildman–Crippen LogP) is 0.655. The number of aliphatic hydroxyl groups excluding tert-OH is 1. The quantitative estimate of drug-likeness (QED) is 0.529. The van der Waals surface area contributed by atoms with Crippen molar-refractivity contribution in [2.75, 3.05) is 26.4 Å². The van der Waals surface area contributed by atoms with E-state index in [1.165, 1.54) is 0 Å². The monoisotopic (exact) mass is 220 g/mol. The summed E-state index contributed by atoms with van der Waals surface area (Å²) in [5.74, 6) is -0.899. The number of carboxylic acid groups (broad SMARTS) is 1. The molecule has 0 radical (unpaired) electrons. The van der Waals surface area contributed by atoms with Crippen LogP contribution in [-0.4, -0.2) is 48.7 Å². The van der Waals surface area contributed by atoms with Crippen LogP contribution in [0.25, 0.3) is 0 Å². The van der Waals surface area contributed by atoms with Crippen LogP contribution in [0.3, 0.4) is 0 Å². The summed E-state index contributed by atoms with van der Waals surface area (Å²) in [5.41, 5.74) is 0. The summed E-state index contributed by atoms with van der Waals surface area (Å²) >= 11 is 0. The molecule has 0 aromatic rings. The van der Waals surface area contributed by atoms with Gasteiger partial charge >= 0.3 is 5.97 Å². The van der Waals surface area contributed by atoms with Crippen LogP contribution in [0.5, 0.6) is 0 Å². The third-order valence-electron chi connectivity index (χ3n) is 1.72. The summed E-state index contributed by atoms with van der Waals surface area (Å²) in [4.78, 5) is 10.1. The standard InChI is InChI=1S/C10H20O5/c1-2-3-5-14-7-9(11)8-15-6-4-10(12)13/h9,11H,2-8H2,1H3,(H,12,13). The van der Waals surface area contributed by atoms with Gasteiger partial charge in [-0.15, -0.1) is 0 Å². The molecule has 2 N–H and O–H groups in total. The zero-order chi connectivity index (χ0) is 11.5. The molecule has 0 rings (SSSR count). The first-order chi connectivity index (χ1) is 7.16. The van der Waals surface area contributed by atoms with Crippen molar-refractivity contribution < 1.29 is 24.5 Å². The van der Waals surface area contributed by atoms with Gasteiger partial charge < -0.3 is 19.7 Å². The Hall–Kier alpha value is -0.650. The number of carbonyl (C=O) groups is 1. The van der Waals surface area contributed by atoms with Crippen molar-refractivity contribution in [3.8, 4) is 0 Å². The van der Waals surface area contributed by atoms with E-state index in [9.17, 15) is 9.90 Å². The zero-order valence-corrected chi connectivity index (χ0v) is 9.15. The second kappa shape index (κ2) is 9.89. The molecule has 15 heavy (non-hydrogen) atoms. The first kappa shape index (κ1) is 14.3. The fraction of sp³-hybridized carbons (Fsp3) is 0.900. The minimum atomic E-state index is -0.899. The van der Waals surface area contributed by atoms with Crippen molar-refractivity contribution in [1.82, 2.24) is 0 Å². The Bertz CT molecular complexity index is 160. The lowest BCUT2D eigenvalue weighted by molar-refractivity contribution is -0.138. The molecule has 0 saturated heterocycles. The summed E-state index contributed by atoms with van der Waals surface area (Å²) in [6.45, 7) is 3.20. The fourth-order valence-electron chi connectivity index (χ4n) is 0.893. The van der Waals surface area contributed by atoms with Crippen molar-refractivity contribution in [2.24, 2.45) is 0 Å². The van der Waals surface area contributed by atoms with Crippen LogP contribution in [0.15, 0.2) is 0 Å². The van der Waals surface area contributed by atoms with Crippen molar-refractivity contribution in [2.45, 2.75) is 32.3 Å². The first-order valence-electron chi connectivity index (χ1n) is 5.22. The number of unbranched alkanes of at least 4 members (excludes halogenated alkanes) is 1. The number of aliphatic carboxylic acids is 1. The Balaban J connectivity index is 3.18. The lowest BCUT2D eigenvalue weighted by atomic mass is 10.3. The van der Waals surface area contributed by atoms with E-state index in [2.05, 4.69) is 6.92 Å². The first-order valence-corrected chi connectivity index (χ1v) is 5.22. The van der Waals surface area contributed by atoms with Gasteiger partial charge in [-0.2, -0.15) is 0 Å². The van der Waals surface area contributed by atoms with Crippen LogP contribution in [-0.2, 0) is 14.3 Å². The maximum atomic E-state index is 10.1. The Morgan fingerprint density at radius 1 is 1.27 bits per heavy atom. The van der Waals surface area contributed by atoms with Crippen molar-refractivity contribution >= 4 is 5.97 Å². The summed E-state index contributed by atoms with van der Waals surface area (Å²) in [5, 5.41) is 17.6. The van der Waals surface area contributed by atoms with Crippen LogP contribution >= 0.6 is 0 Å². The number of carboxylic acids is 1. The lowest BCUT2D eigenvalue weighted by Crippen LogP contribution is -2.22. The van der Waals surface area contributed by atoms with E-state index in [0.717, 1.165) is 12.8 Å². The molecule has 0 saturated carbocycles. The third kappa shape index (κ3) is 11.3. The van der Waals surface area contributed by atoms with E-state index in [0.29, 0.717) is 6.61 Å². The van der Waals surface area contributed by atoms with E-state index < -0.39 is 12.1 Å². The molecule has 1 atom stereocenters. The number of hydrogen-bond acceptors (Lipinski definition) is 4. The van der Waals surface area contributed by atoms with E-state index >= 15 is 0 Å². The fourth-order valence-corrected chi connectivity index (χ4v) is 0.893. The van der Waals surface area contributed by atoms with Gasteiger partial charge in [0.25, 0.3) is 0 Å². The molecule has 5 nitrogen and oxygen atoms in total. The molecular formula is C10H20O5. The van der Waals surface area contributed by atoms with Gasteiger partial charge in [-0.05, 0) is 6.42 Å². The van der Waals surface area contributed by atoms with Crippen LogP contribution in [0.2, 0.25) is 0 Å². The smallest absolute Gasteiger partial charge is 0.305 e. The summed E-state index contributed by atoms with van der Waals surface area (Å²) in [6.07, 6.45) is 1.33. The molecule has 0 aliphatic heterocycles. The Kier molecular flexibility index (Phi) is 9.46. The Morgan fingerprint density at radius 3 is 2.40 bits per heavy atom. The van der Waals surface area contributed by atoms with Gasteiger partial charge in [0.1, 0.15) is 6.10 Å². The average Bonchev–Trinajstić information content (AvgIpc) is 2.19. The van der Waals surface area contributed by atoms with Gasteiger partial charge in [0.15, 0.2) is 0 Å². The van der Waals surface area contributed by atoms with E-state index in [4.69, 9.17) is 14.6 Å². The van der Waals surface area contributed by atoms with Crippen molar-refractivity contribution in [3.05, 3.63) is 0 Å². The molecule has 0 amide bonds. The Morgan fingerprint density at radius 2 is 1.87 bits per heavy atom. The molecule has 0 aromatic carbocycles. The molecule has 1 unspecified atom stereocenters. The SMILES string of the molecule is CCCCOCC(O)COCCC(=O)O. The van der Waals surface area contributed by atoms with E-state index in [1.807, 2.05) is 0 Å². The zero-order valence-electron chi connectivity index (χ0n) is 9.15. The normalized spacial score (nSPS) is 12.7. The molecule has 0 spiro atoms. The van der Waals surface area contributed by atoms with Crippen LogP contribution in [0.4, 0.5) is 0 Å². The molecule has 0 bridgehead atoms. The predicted molar refractivity (Wildman–Crippen MR) is 54.8 cm³/mol. The molecule has 0 aliphatic carbocycles. The van der Waals surface area contributed by atoms with Gasteiger partial charge in [-0.25, -0.2) is 0 Å². The van der Waals surface area contributed by atoms with Gasteiger partial charge in [0.05, 0.1) is 26.2 Å². The molecule has 5 heteroatoms. The van der Waals surface area contributed by atoms with Gasteiger partial charge in [0, 0.05) is 6.61 Å². The van der Waals surface area contributed by atoms with Crippen LogP contribution in [0, 0.1) is 0 Å². The lowest BCUT2D eigenvalue weighted by Gasteiger charge is -2.11. The van der Waals surface area contributed by atoms with Crippen molar-refractivity contribution in [3.63, 3.8) is 0 Å². The topological polar surface area (TPSA) is 76.0 Å². The minimum absolute atomic E-state index is 0.0383. The maximum absolute atomic E-state index is 10.1. The highest BCUT2D eigenvalue weighted by molar-refractivity contribution is 5.66. The summed E-state index contributed by atoms with van der Waals surface area (Å²) < 4.78 is 10.1. The van der Waals surface area contributed by atoms with E-state index in [-0.39, 0.29) is 26.2 Å². The molecule has 0 aliphatic rings. The number of aliphatic hydroxyl groups is 1. The molecule has 0 heterocycles. The highest BCUT2D eigenvalue weighted by Gasteiger charge is 2.04. The largest absolute Gasteiger partial charge is 0.481 e. The van der Waals surface area contributed by atoms with Gasteiger partial charge in [-0.1, -0.05) is 13.3 Å². The molecule has 0 aromatic heterocycles. The number of rotatable bonds is 10. The second-order valence-corrected chi connectivity index (χ2v) is 3.30. The summed E-state index contributed by atoms with van der Waals surface area (Å²) in [6, 6.07) is 0. The van der Waals surface area contributed by atoms with Crippen molar-refractivity contribution in [1.29, 1.82) is 0 Å². The van der Waals surface area contributed by atoms with Crippen LogP contribution < -0.4 is 0 Å². The van der Waals surface area contributed by atoms with Gasteiger partial charge in [0.2, 0.25) is 0 Å².